The van der Waals surface area contributed by atoms with Crippen LogP contribution in [0.2, 0.25) is 0 Å². The highest BCUT2D eigenvalue weighted by atomic mass is 16.3. The number of aliphatic hydroxyl groups excluding tert-OH is 1. The average molecular weight is 340 g/mol. The van der Waals surface area contributed by atoms with Crippen LogP contribution in [0.25, 0.3) is 0 Å². The van der Waals surface area contributed by atoms with E-state index >= 15 is 0 Å². The lowest BCUT2D eigenvalue weighted by molar-refractivity contribution is -0.126. The fourth-order valence-corrected chi connectivity index (χ4v) is 3.24. The Morgan fingerprint density at radius 1 is 1.32 bits per heavy atom. The number of aliphatic hydroxyl groups is 1. The zero-order valence-corrected chi connectivity index (χ0v) is 14.4. The maximum absolute atomic E-state index is 12.4. The van der Waals surface area contributed by atoms with E-state index in [-0.39, 0.29) is 18.4 Å². The summed E-state index contributed by atoms with van der Waals surface area (Å²) in [7, 11) is 0. The molecule has 2 heterocycles. The van der Waals surface area contributed by atoms with Gasteiger partial charge in [0.1, 0.15) is 5.82 Å². The van der Waals surface area contributed by atoms with Gasteiger partial charge in [-0.3, -0.25) is 9.78 Å². The summed E-state index contributed by atoms with van der Waals surface area (Å²) in [6.45, 7) is 3.78. The van der Waals surface area contributed by atoms with Crippen LogP contribution >= 0.6 is 0 Å². The predicted molar refractivity (Wildman–Crippen MR) is 96.1 cm³/mol. The van der Waals surface area contributed by atoms with Gasteiger partial charge in [0.05, 0.1) is 12.3 Å². The molecular weight excluding hydrogens is 316 g/mol. The Kier molecular flexibility index (Phi) is 5.60. The Hall–Kier alpha value is -2.47. The van der Waals surface area contributed by atoms with Crippen molar-refractivity contribution in [3.63, 3.8) is 0 Å². The Balaban J connectivity index is 1.47. The maximum atomic E-state index is 12.4. The quantitative estimate of drug-likeness (QED) is 0.868. The van der Waals surface area contributed by atoms with E-state index in [4.69, 9.17) is 0 Å². The molecule has 1 unspecified atom stereocenters. The molecule has 0 spiro atoms. The zero-order chi connectivity index (χ0) is 17.6. The minimum atomic E-state index is -0.676. The number of aromatic nitrogens is 2. The SMILES string of the molecule is Cc1ccccc1C(O)CNC(=O)C1CCN(c2cnccn2)CC1. The fraction of sp³-hybridized carbons (Fsp3) is 0.421. The van der Waals surface area contributed by atoms with Gasteiger partial charge in [-0.1, -0.05) is 24.3 Å². The number of hydrogen-bond acceptors (Lipinski definition) is 5. The third-order valence-corrected chi connectivity index (χ3v) is 4.76. The van der Waals surface area contributed by atoms with Crippen molar-refractivity contribution in [3.8, 4) is 0 Å². The van der Waals surface area contributed by atoms with E-state index in [1.165, 1.54) is 0 Å². The van der Waals surface area contributed by atoms with E-state index < -0.39 is 6.10 Å². The highest BCUT2D eigenvalue weighted by Crippen LogP contribution is 2.22. The molecule has 1 atom stereocenters. The Labute approximate surface area is 147 Å². The predicted octanol–water partition coefficient (Wildman–Crippen LogP) is 1.85. The van der Waals surface area contributed by atoms with Crippen molar-refractivity contribution in [2.24, 2.45) is 5.92 Å². The molecule has 2 aromatic rings. The van der Waals surface area contributed by atoms with Gasteiger partial charge in [0.15, 0.2) is 0 Å². The van der Waals surface area contributed by atoms with Crippen LogP contribution in [0.3, 0.4) is 0 Å². The topological polar surface area (TPSA) is 78.4 Å². The van der Waals surface area contributed by atoms with Gasteiger partial charge in [-0.15, -0.1) is 0 Å². The lowest BCUT2D eigenvalue weighted by atomic mass is 9.95. The molecular formula is C19H24N4O2. The summed E-state index contributed by atoms with van der Waals surface area (Å²) in [6.07, 6.45) is 5.97. The number of hydrogen-bond donors (Lipinski definition) is 2. The molecule has 0 bridgehead atoms. The zero-order valence-electron chi connectivity index (χ0n) is 14.4. The van der Waals surface area contributed by atoms with Crippen LogP contribution in [0.4, 0.5) is 5.82 Å². The minimum absolute atomic E-state index is 0.0167. The standard InChI is InChI=1S/C19H24N4O2/c1-14-4-2-3-5-16(14)17(24)12-22-19(25)15-6-10-23(11-7-15)18-13-20-8-9-21-18/h2-5,8-9,13,15,17,24H,6-7,10-12H2,1H3,(H,22,25). The van der Waals surface area contributed by atoms with Crippen LogP contribution in [-0.4, -0.2) is 40.6 Å². The van der Waals surface area contributed by atoms with E-state index in [1.807, 2.05) is 31.2 Å². The maximum Gasteiger partial charge on any atom is 0.223 e. The van der Waals surface area contributed by atoms with Crippen molar-refractivity contribution in [2.45, 2.75) is 25.9 Å². The highest BCUT2D eigenvalue weighted by Gasteiger charge is 2.26. The third-order valence-electron chi connectivity index (χ3n) is 4.76. The van der Waals surface area contributed by atoms with Crippen LogP contribution < -0.4 is 10.2 Å². The normalized spacial score (nSPS) is 16.5. The van der Waals surface area contributed by atoms with Crippen molar-refractivity contribution in [3.05, 3.63) is 54.0 Å². The number of carbonyl (C=O) groups is 1. The second-order valence-electron chi connectivity index (χ2n) is 6.44. The van der Waals surface area contributed by atoms with E-state index in [0.717, 1.165) is 42.9 Å². The molecule has 1 aliphatic heterocycles. The average Bonchev–Trinajstić information content (AvgIpc) is 2.67. The molecule has 0 radical (unpaired) electrons. The van der Waals surface area contributed by atoms with Crippen molar-refractivity contribution >= 4 is 11.7 Å². The van der Waals surface area contributed by atoms with Gasteiger partial charge < -0.3 is 15.3 Å². The first-order chi connectivity index (χ1) is 12.1. The first-order valence-corrected chi connectivity index (χ1v) is 8.67. The van der Waals surface area contributed by atoms with Gasteiger partial charge in [0, 0.05) is 37.9 Å². The lowest BCUT2D eigenvalue weighted by Gasteiger charge is -2.32. The molecule has 3 rings (SSSR count). The van der Waals surface area contributed by atoms with Crippen LogP contribution in [0, 0.1) is 12.8 Å². The molecule has 1 saturated heterocycles. The molecule has 25 heavy (non-hydrogen) atoms. The largest absolute Gasteiger partial charge is 0.387 e. The summed E-state index contributed by atoms with van der Waals surface area (Å²) in [4.78, 5) is 22.9. The second kappa shape index (κ2) is 8.07. The lowest BCUT2D eigenvalue weighted by Crippen LogP contribution is -2.41. The Bertz CT molecular complexity index is 700. The van der Waals surface area contributed by atoms with E-state index in [2.05, 4.69) is 20.2 Å². The summed E-state index contributed by atoms with van der Waals surface area (Å²) >= 11 is 0. The van der Waals surface area contributed by atoms with E-state index in [1.54, 1.807) is 18.6 Å². The molecule has 6 nitrogen and oxygen atoms in total. The van der Waals surface area contributed by atoms with Crippen molar-refractivity contribution in [1.29, 1.82) is 0 Å². The van der Waals surface area contributed by atoms with Gasteiger partial charge in [0.25, 0.3) is 0 Å². The van der Waals surface area contributed by atoms with Crippen LogP contribution in [0.1, 0.15) is 30.1 Å². The first-order valence-electron chi connectivity index (χ1n) is 8.67. The number of piperidine rings is 1. The molecule has 132 valence electrons. The second-order valence-corrected chi connectivity index (χ2v) is 6.44. The van der Waals surface area contributed by atoms with E-state index in [0.29, 0.717) is 0 Å². The molecule has 0 aliphatic carbocycles. The Morgan fingerprint density at radius 2 is 2.08 bits per heavy atom. The number of aryl methyl sites for hydroxylation is 1. The molecule has 1 aromatic heterocycles. The summed E-state index contributed by atoms with van der Waals surface area (Å²) in [5.41, 5.74) is 1.89. The Morgan fingerprint density at radius 3 is 2.76 bits per heavy atom. The van der Waals surface area contributed by atoms with Crippen molar-refractivity contribution < 1.29 is 9.90 Å². The summed E-state index contributed by atoms with van der Waals surface area (Å²) in [5, 5.41) is 13.2. The minimum Gasteiger partial charge on any atom is -0.387 e. The highest BCUT2D eigenvalue weighted by molar-refractivity contribution is 5.79. The third kappa shape index (κ3) is 4.33. The summed E-state index contributed by atoms with van der Waals surface area (Å²) < 4.78 is 0. The van der Waals surface area contributed by atoms with Crippen molar-refractivity contribution in [1.82, 2.24) is 15.3 Å². The molecule has 0 saturated carbocycles. The van der Waals surface area contributed by atoms with E-state index in [9.17, 15) is 9.90 Å². The molecule has 1 aliphatic rings. The molecule has 1 amide bonds. The number of anilines is 1. The smallest absolute Gasteiger partial charge is 0.223 e. The number of rotatable bonds is 5. The van der Waals surface area contributed by atoms with Gasteiger partial charge in [-0.25, -0.2) is 4.98 Å². The summed E-state index contributed by atoms with van der Waals surface area (Å²) in [6, 6.07) is 7.69. The van der Waals surface area contributed by atoms with Gasteiger partial charge >= 0.3 is 0 Å². The number of nitrogens with one attached hydrogen (secondary N) is 1. The van der Waals surface area contributed by atoms with Gasteiger partial charge in [-0.2, -0.15) is 0 Å². The monoisotopic (exact) mass is 340 g/mol. The number of carbonyl (C=O) groups excluding carboxylic acids is 1. The van der Waals surface area contributed by atoms with Crippen LogP contribution in [0.5, 0.6) is 0 Å². The first kappa shape index (κ1) is 17.4. The number of amides is 1. The molecule has 2 N–H and O–H groups in total. The van der Waals surface area contributed by atoms with Crippen LogP contribution in [-0.2, 0) is 4.79 Å². The summed E-state index contributed by atoms with van der Waals surface area (Å²) in [5.74, 6) is 0.861. The van der Waals surface area contributed by atoms with Crippen molar-refractivity contribution in [2.75, 3.05) is 24.5 Å². The molecule has 1 fully saturated rings. The van der Waals surface area contributed by atoms with Crippen LogP contribution in [0.15, 0.2) is 42.9 Å². The molecule has 6 heteroatoms. The van der Waals surface area contributed by atoms with Gasteiger partial charge in [0.2, 0.25) is 5.91 Å². The number of nitrogens with zero attached hydrogens (tertiary/aromatic N) is 3. The fourth-order valence-electron chi connectivity index (χ4n) is 3.24. The number of benzene rings is 1. The van der Waals surface area contributed by atoms with Gasteiger partial charge in [-0.05, 0) is 30.9 Å². The molecule has 1 aromatic carbocycles.